The van der Waals surface area contributed by atoms with Gasteiger partial charge in [0.1, 0.15) is 5.82 Å². The van der Waals surface area contributed by atoms with Crippen molar-refractivity contribution in [2.45, 2.75) is 57.4 Å². The van der Waals surface area contributed by atoms with E-state index in [0.717, 1.165) is 12.8 Å². The number of nitrogens with one attached hydrogen (secondary N) is 3. The Bertz CT molecular complexity index is 1050. The summed E-state index contributed by atoms with van der Waals surface area (Å²) in [5.74, 6) is 0.763. The first-order valence-electron chi connectivity index (χ1n) is 10.5. The first kappa shape index (κ1) is 21.5. The number of rotatable bonds is 5. The van der Waals surface area contributed by atoms with E-state index >= 15 is 0 Å². The third kappa shape index (κ3) is 6.69. The van der Waals surface area contributed by atoms with Gasteiger partial charge in [-0.05, 0) is 37.5 Å². The number of para-hydroxylation sites is 1. The average Bonchev–Trinajstić information content (AvgIpc) is 2.75. The molecule has 0 bridgehead atoms. The molecule has 4 rings (SSSR count). The van der Waals surface area contributed by atoms with Gasteiger partial charge in [0.25, 0.3) is 5.56 Å². The Kier molecular flexibility index (Phi) is 7.94. The van der Waals surface area contributed by atoms with Crippen LogP contribution in [0.5, 0.6) is 0 Å². The number of nitrogens with zero attached hydrogens (tertiary/aromatic N) is 1. The van der Waals surface area contributed by atoms with Crippen LogP contribution in [0.2, 0.25) is 0 Å². The zero-order valence-corrected chi connectivity index (χ0v) is 17.0. The molecule has 7 nitrogen and oxygen atoms in total. The highest BCUT2D eigenvalue weighted by atomic mass is 16.1. The van der Waals surface area contributed by atoms with Gasteiger partial charge >= 0.3 is 0 Å². The number of hydrogen-bond acceptors (Lipinski definition) is 4. The Balaban J connectivity index is 0.000000310. The van der Waals surface area contributed by atoms with E-state index in [0.29, 0.717) is 42.0 Å². The Morgan fingerprint density at radius 2 is 1.80 bits per heavy atom. The highest BCUT2D eigenvalue weighted by molar-refractivity contribution is 5.77. The third-order valence-electron chi connectivity index (χ3n) is 5.13. The molecule has 0 saturated heterocycles. The van der Waals surface area contributed by atoms with Crippen LogP contribution in [0.1, 0.15) is 50.8 Å². The lowest BCUT2D eigenvalue weighted by molar-refractivity contribution is -0.122. The lowest BCUT2D eigenvalue weighted by Gasteiger charge is -2.22. The quantitative estimate of drug-likeness (QED) is 0.603. The van der Waals surface area contributed by atoms with Crippen LogP contribution in [0, 0.1) is 0 Å². The lowest BCUT2D eigenvalue weighted by Crippen LogP contribution is -2.36. The molecule has 30 heavy (non-hydrogen) atoms. The van der Waals surface area contributed by atoms with Crippen molar-refractivity contribution in [1.29, 1.82) is 0 Å². The van der Waals surface area contributed by atoms with Crippen molar-refractivity contribution in [3.63, 3.8) is 0 Å². The van der Waals surface area contributed by atoms with Crippen LogP contribution in [0.3, 0.4) is 0 Å². The second-order valence-electron chi connectivity index (χ2n) is 7.51. The molecule has 2 aromatic heterocycles. The summed E-state index contributed by atoms with van der Waals surface area (Å²) in [6, 6.07) is 12.6. The van der Waals surface area contributed by atoms with Gasteiger partial charge < -0.3 is 15.3 Å². The molecule has 1 aliphatic rings. The maximum absolute atomic E-state index is 12.0. The molecule has 0 atom stereocenters. The van der Waals surface area contributed by atoms with E-state index in [4.69, 9.17) is 0 Å². The van der Waals surface area contributed by atoms with Gasteiger partial charge in [0.05, 0.1) is 10.9 Å². The molecule has 0 spiro atoms. The van der Waals surface area contributed by atoms with Crippen LogP contribution in [0.25, 0.3) is 10.9 Å². The summed E-state index contributed by atoms with van der Waals surface area (Å²) in [5, 5.41) is 3.72. The zero-order chi connectivity index (χ0) is 21.2. The number of H-pyrrole nitrogens is 2. The number of aryl methyl sites for hydroxylation is 1. The van der Waals surface area contributed by atoms with Crippen LogP contribution in [-0.4, -0.2) is 26.9 Å². The summed E-state index contributed by atoms with van der Waals surface area (Å²) in [6.07, 6.45) is 9.30. The van der Waals surface area contributed by atoms with Gasteiger partial charge in [0.2, 0.25) is 11.5 Å². The number of benzene rings is 1. The Labute approximate surface area is 175 Å². The van der Waals surface area contributed by atoms with E-state index in [-0.39, 0.29) is 17.0 Å². The third-order valence-corrected chi connectivity index (χ3v) is 5.13. The molecule has 0 radical (unpaired) electrons. The van der Waals surface area contributed by atoms with Gasteiger partial charge in [-0.2, -0.15) is 0 Å². The molecular formula is C23H28N4O3. The number of aromatic nitrogens is 3. The summed E-state index contributed by atoms with van der Waals surface area (Å²) >= 11 is 0. The summed E-state index contributed by atoms with van der Waals surface area (Å²) in [7, 11) is 0. The van der Waals surface area contributed by atoms with Crippen LogP contribution in [0.15, 0.2) is 58.3 Å². The van der Waals surface area contributed by atoms with E-state index in [9.17, 15) is 14.4 Å². The van der Waals surface area contributed by atoms with E-state index in [2.05, 4.69) is 20.3 Å². The molecule has 1 amide bonds. The second kappa shape index (κ2) is 11.1. The number of aromatic amines is 2. The molecule has 1 aliphatic carbocycles. The molecule has 1 aromatic carbocycles. The van der Waals surface area contributed by atoms with Gasteiger partial charge in [0, 0.05) is 31.1 Å². The Hall–Kier alpha value is -3.22. The molecule has 7 heteroatoms. The fourth-order valence-corrected chi connectivity index (χ4v) is 3.59. The van der Waals surface area contributed by atoms with Crippen molar-refractivity contribution < 1.29 is 4.79 Å². The van der Waals surface area contributed by atoms with E-state index < -0.39 is 0 Å². The molecular weight excluding hydrogens is 380 g/mol. The number of hydrogen-bond donors (Lipinski definition) is 3. The zero-order valence-electron chi connectivity index (χ0n) is 17.0. The number of carbonyl (C=O) groups excluding carboxylic acids is 1. The summed E-state index contributed by atoms with van der Waals surface area (Å²) < 4.78 is 0. The normalized spacial score (nSPS) is 14.0. The average molecular weight is 409 g/mol. The number of amides is 1. The van der Waals surface area contributed by atoms with E-state index in [1.54, 1.807) is 24.4 Å². The van der Waals surface area contributed by atoms with Crippen molar-refractivity contribution >= 4 is 16.8 Å². The van der Waals surface area contributed by atoms with E-state index in [1.807, 2.05) is 18.2 Å². The van der Waals surface area contributed by atoms with Crippen LogP contribution >= 0.6 is 0 Å². The van der Waals surface area contributed by atoms with Gasteiger partial charge in [-0.25, -0.2) is 4.98 Å². The highest BCUT2D eigenvalue weighted by Gasteiger charge is 2.15. The second-order valence-corrected chi connectivity index (χ2v) is 7.51. The molecule has 2 heterocycles. The molecule has 0 aliphatic heterocycles. The number of carbonyl (C=O) groups is 1. The predicted octanol–water partition coefficient (Wildman–Crippen LogP) is 3.07. The van der Waals surface area contributed by atoms with Crippen LogP contribution in [-0.2, 0) is 11.2 Å². The minimum absolute atomic E-state index is 0.0532. The SMILES string of the molecule is O=C(CCCc1nc2ccccc2c(=O)[nH]1)NC1CCCCC1.O=c1cccc[nH]1. The lowest BCUT2D eigenvalue weighted by atomic mass is 9.95. The highest BCUT2D eigenvalue weighted by Crippen LogP contribution is 2.17. The Morgan fingerprint density at radius 3 is 2.50 bits per heavy atom. The largest absolute Gasteiger partial charge is 0.353 e. The fraction of sp³-hybridized carbons (Fsp3) is 0.391. The van der Waals surface area contributed by atoms with Gasteiger partial charge in [-0.15, -0.1) is 0 Å². The molecule has 1 fully saturated rings. The summed E-state index contributed by atoms with van der Waals surface area (Å²) in [4.78, 5) is 43.9. The van der Waals surface area contributed by atoms with Crippen molar-refractivity contribution in [1.82, 2.24) is 20.3 Å². The summed E-state index contributed by atoms with van der Waals surface area (Å²) in [6.45, 7) is 0. The molecule has 3 aromatic rings. The maximum atomic E-state index is 12.0. The number of pyridine rings is 1. The fourth-order valence-electron chi connectivity index (χ4n) is 3.59. The minimum atomic E-state index is -0.114. The van der Waals surface area contributed by atoms with Crippen molar-refractivity contribution in [3.8, 4) is 0 Å². The first-order chi connectivity index (χ1) is 14.6. The maximum Gasteiger partial charge on any atom is 0.258 e. The van der Waals surface area contributed by atoms with Gasteiger partial charge in [0.15, 0.2) is 0 Å². The predicted molar refractivity (Wildman–Crippen MR) is 117 cm³/mol. The van der Waals surface area contributed by atoms with Crippen molar-refractivity contribution in [2.24, 2.45) is 0 Å². The molecule has 1 saturated carbocycles. The van der Waals surface area contributed by atoms with Crippen molar-refractivity contribution in [3.05, 3.63) is 75.2 Å². The topological polar surface area (TPSA) is 108 Å². The monoisotopic (exact) mass is 408 g/mol. The summed E-state index contributed by atoms with van der Waals surface area (Å²) in [5.41, 5.74) is 0.540. The standard InChI is InChI=1S/C18H23N3O2.C5H5NO/c22-17(19-13-7-2-1-3-8-13)12-6-11-16-20-15-10-5-4-9-14(15)18(23)21-16;7-5-3-1-2-4-6-5/h4-5,9-10,13H,1-3,6-8,11-12H2,(H,19,22)(H,20,21,23);1-4H,(H,6,7). The minimum Gasteiger partial charge on any atom is -0.353 e. The first-order valence-corrected chi connectivity index (χ1v) is 10.5. The van der Waals surface area contributed by atoms with Crippen molar-refractivity contribution in [2.75, 3.05) is 0 Å². The van der Waals surface area contributed by atoms with Crippen LogP contribution in [0.4, 0.5) is 0 Å². The van der Waals surface area contributed by atoms with Crippen LogP contribution < -0.4 is 16.4 Å². The van der Waals surface area contributed by atoms with Gasteiger partial charge in [-0.1, -0.05) is 37.5 Å². The van der Waals surface area contributed by atoms with E-state index in [1.165, 1.54) is 25.3 Å². The molecule has 0 unspecified atom stereocenters. The smallest absolute Gasteiger partial charge is 0.258 e. The Morgan fingerprint density at radius 1 is 1.03 bits per heavy atom. The number of fused-ring (bicyclic) bond motifs is 1. The molecule has 3 N–H and O–H groups in total. The van der Waals surface area contributed by atoms with Gasteiger partial charge in [-0.3, -0.25) is 14.4 Å². The molecule has 158 valence electrons.